The molecule has 126 valence electrons. The molecule has 6 nitrogen and oxygen atoms in total. The van der Waals surface area contributed by atoms with Gasteiger partial charge >= 0.3 is 6.09 Å². The highest BCUT2D eigenvalue weighted by molar-refractivity contribution is 6.34. The fourth-order valence-electron chi connectivity index (χ4n) is 2.22. The quantitative estimate of drug-likeness (QED) is 0.835. The number of aryl methyl sites for hydroxylation is 1. The Bertz CT molecular complexity index is 793. The first-order chi connectivity index (χ1) is 11.3. The number of nitrogens with one attached hydrogen (secondary N) is 1. The lowest BCUT2D eigenvalue weighted by Gasteiger charge is -2.21. The topological polar surface area (TPSA) is 84.7 Å². The van der Waals surface area contributed by atoms with Gasteiger partial charge in [-0.15, -0.1) is 0 Å². The molecule has 0 spiro atoms. The van der Waals surface area contributed by atoms with Crippen LogP contribution in [-0.4, -0.2) is 26.1 Å². The Labute approximate surface area is 145 Å². The van der Waals surface area contributed by atoms with E-state index in [1.807, 2.05) is 6.92 Å². The second-order valence-corrected chi connectivity index (χ2v) is 5.60. The SMILES string of the molecule is CNC(=O)Oc1ccc(N(C)C(=O)c2cc(N)ccc2Cl)c(C)c1. The first-order valence-electron chi connectivity index (χ1n) is 7.16. The van der Waals surface area contributed by atoms with Crippen LogP contribution in [0.1, 0.15) is 15.9 Å². The van der Waals surface area contributed by atoms with Crippen LogP contribution in [0.2, 0.25) is 5.02 Å². The first-order valence-corrected chi connectivity index (χ1v) is 7.54. The molecule has 0 fully saturated rings. The molecule has 3 N–H and O–H groups in total. The first kappa shape index (κ1) is 17.6. The third-order valence-electron chi connectivity index (χ3n) is 3.47. The molecule has 2 rings (SSSR count). The lowest BCUT2D eigenvalue weighted by Crippen LogP contribution is -2.27. The molecule has 0 aromatic heterocycles. The summed E-state index contributed by atoms with van der Waals surface area (Å²) in [5, 5.41) is 2.70. The lowest BCUT2D eigenvalue weighted by molar-refractivity contribution is 0.0993. The van der Waals surface area contributed by atoms with Gasteiger partial charge in [0.1, 0.15) is 5.75 Å². The zero-order valence-corrected chi connectivity index (χ0v) is 14.3. The molecule has 2 amide bonds. The van der Waals surface area contributed by atoms with E-state index >= 15 is 0 Å². The number of ether oxygens (including phenoxy) is 1. The summed E-state index contributed by atoms with van der Waals surface area (Å²) in [5.41, 5.74) is 7.95. The van der Waals surface area contributed by atoms with Gasteiger partial charge < -0.3 is 20.7 Å². The van der Waals surface area contributed by atoms with E-state index < -0.39 is 6.09 Å². The number of hydrogen-bond acceptors (Lipinski definition) is 4. The second kappa shape index (κ2) is 7.23. The molecule has 0 bridgehead atoms. The summed E-state index contributed by atoms with van der Waals surface area (Å²) in [6.45, 7) is 1.82. The molecule has 2 aromatic carbocycles. The summed E-state index contributed by atoms with van der Waals surface area (Å²) in [4.78, 5) is 25.4. The van der Waals surface area contributed by atoms with E-state index in [0.717, 1.165) is 5.56 Å². The number of hydrogen-bond donors (Lipinski definition) is 2. The number of anilines is 2. The van der Waals surface area contributed by atoms with Crippen LogP contribution in [0.15, 0.2) is 36.4 Å². The number of benzene rings is 2. The lowest BCUT2D eigenvalue weighted by atomic mass is 10.1. The predicted molar refractivity (Wildman–Crippen MR) is 94.9 cm³/mol. The van der Waals surface area contributed by atoms with Crippen molar-refractivity contribution < 1.29 is 14.3 Å². The number of nitrogens with zero attached hydrogens (tertiary/aromatic N) is 1. The van der Waals surface area contributed by atoms with Crippen LogP contribution in [0.25, 0.3) is 0 Å². The van der Waals surface area contributed by atoms with E-state index in [1.165, 1.54) is 11.9 Å². The van der Waals surface area contributed by atoms with Gasteiger partial charge in [-0.05, 0) is 48.9 Å². The van der Waals surface area contributed by atoms with Gasteiger partial charge in [-0.2, -0.15) is 0 Å². The molecule has 0 saturated heterocycles. The zero-order chi connectivity index (χ0) is 17.9. The average Bonchev–Trinajstić information content (AvgIpc) is 2.55. The molecule has 24 heavy (non-hydrogen) atoms. The molecule has 0 aliphatic carbocycles. The molecule has 7 heteroatoms. The Kier molecular flexibility index (Phi) is 5.31. The summed E-state index contributed by atoms with van der Waals surface area (Å²) < 4.78 is 5.07. The van der Waals surface area contributed by atoms with Gasteiger partial charge in [0.15, 0.2) is 0 Å². The van der Waals surface area contributed by atoms with Gasteiger partial charge in [0.25, 0.3) is 5.91 Å². The van der Waals surface area contributed by atoms with E-state index in [9.17, 15) is 9.59 Å². The molecule has 0 unspecified atom stereocenters. The molecule has 0 atom stereocenters. The van der Waals surface area contributed by atoms with Crippen LogP contribution in [0, 0.1) is 6.92 Å². The monoisotopic (exact) mass is 347 g/mol. The van der Waals surface area contributed by atoms with Crippen molar-refractivity contribution in [2.45, 2.75) is 6.92 Å². The predicted octanol–water partition coefficient (Wildman–Crippen LogP) is 3.23. The normalized spacial score (nSPS) is 10.2. The third kappa shape index (κ3) is 3.78. The van der Waals surface area contributed by atoms with Crippen LogP contribution in [0.3, 0.4) is 0 Å². The summed E-state index contributed by atoms with van der Waals surface area (Å²) in [5.74, 6) is 0.105. The van der Waals surface area contributed by atoms with Crippen molar-refractivity contribution in [2.75, 3.05) is 24.7 Å². The van der Waals surface area contributed by atoms with E-state index in [2.05, 4.69) is 5.32 Å². The molecule has 0 heterocycles. The molecule has 2 aromatic rings. The molecular weight excluding hydrogens is 330 g/mol. The Hall–Kier alpha value is -2.73. The van der Waals surface area contributed by atoms with Crippen LogP contribution >= 0.6 is 11.6 Å². The number of halogens is 1. The maximum atomic E-state index is 12.7. The van der Waals surface area contributed by atoms with Gasteiger partial charge in [0.2, 0.25) is 0 Å². The van der Waals surface area contributed by atoms with E-state index in [-0.39, 0.29) is 5.91 Å². The van der Waals surface area contributed by atoms with Gasteiger partial charge in [0.05, 0.1) is 10.6 Å². The highest BCUT2D eigenvalue weighted by atomic mass is 35.5. The molecule has 0 radical (unpaired) electrons. The summed E-state index contributed by atoms with van der Waals surface area (Å²) >= 11 is 6.09. The van der Waals surface area contributed by atoms with Crippen LogP contribution in [0.4, 0.5) is 16.2 Å². The minimum absolute atomic E-state index is 0.282. The molecule has 0 aliphatic heterocycles. The van der Waals surface area contributed by atoms with Crippen molar-refractivity contribution in [3.63, 3.8) is 0 Å². The van der Waals surface area contributed by atoms with Crippen molar-refractivity contribution >= 4 is 35.0 Å². The minimum Gasteiger partial charge on any atom is -0.410 e. The van der Waals surface area contributed by atoms with Crippen molar-refractivity contribution in [2.24, 2.45) is 0 Å². The third-order valence-corrected chi connectivity index (χ3v) is 3.80. The fourth-order valence-corrected chi connectivity index (χ4v) is 2.42. The molecule has 0 saturated carbocycles. The van der Waals surface area contributed by atoms with Crippen molar-refractivity contribution in [3.05, 3.63) is 52.5 Å². The van der Waals surface area contributed by atoms with Gasteiger partial charge in [-0.3, -0.25) is 4.79 Å². The Morgan fingerprint density at radius 1 is 1.21 bits per heavy atom. The molecule has 0 aliphatic rings. The van der Waals surface area contributed by atoms with E-state index in [1.54, 1.807) is 43.4 Å². The number of nitrogens with two attached hydrogens (primary N) is 1. The standard InChI is InChI=1S/C17H18ClN3O3/c1-10-8-12(24-17(23)20-2)5-7-15(10)21(3)16(22)13-9-11(19)4-6-14(13)18/h4-9H,19H2,1-3H3,(H,20,23). The smallest absolute Gasteiger partial charge is 0.410 e. The van der Waals surface area contributed by atoms with Crippen LogP contribution in [-0.2, 0) is 0 Å². The van der Waals surface area contributed by atoms with Crippen LogP contribution < -0.4 is 20.7 Å². The average molecular weight is 348 g/mol. The van der Waals surface area contributed by atoms with Gasteiger partial charge in [-0.25, -0.2) is 4.79 Å². The highest BCUT2D eigenvalue weighted by Gasteiger charge is 2.18. The van der Waals surface area contributed by atoms with Gasteiger partial charge in [0, 0.05) is 25.5 Å². The van der Waals surface area contributed by atoms with Gasteiger partial charge in [-0.1, -0.05) is 11.6 Å². The summed E-state index contributed by atoms with van der Waals surface area (Å²) in [6.07, 6.45) is -0.557. The summed E-state index contributed by atoms with van der Waals surface area (Å²) in [6, 6.07) is 9.75. The van der Waals surface area contributed by atoms with Crippen LogP contribution in [0.5, 0.6) is 5.75 Å². The van der Waals surface area contributed by atoms with Crippen molar-refractivity contribution in [3.8, 4) is 5.75 Å². The Morgan fingerprint density at radius 3 is 2.54 bits per heavy atom. The number of nitrogen functional groups attached to an aromatic ring is 1. The number of carbonyl (C=O) groups excluding carboxylic acids is 2. The maximum absolute atomic E-state index is 12.7. The van der Waals surface area contributed by atoms with E-state index in [4.69, 9.17) is 22.1 Å². The largest absolute Gasteiger partial charge is 0.412 e. The van der Waals surface area contributed by atoms with Crippen molar-refractivity contribution in [1.29, 1.82) is 0 Å². The minimum atomic E-state index is -0.557. The maximum Gasteiger partial charge on any atom is 0.412 e. The summed E-state index contributed by atoms with van der Waals surface area (Å²) in [7, 11) is 3.12. The number of amides is 2. The van der Waals surface area contributed by atoms with Crippen molar-refractivity contribution in [1.82, 2.24) is 5.32 Å². The number of carbonyl (C=O) groups is 2. The Morgan fingerprint density at radius 2 is 1.92 bits per heavy atom. The second-order valence-electron chi connectivity index (χ2n) is 5.19. The number of rotatable bonds is 3. The fraction of sp³-hybridized carbons (Fsp3) is 0.176. The van der Waals surface area contributed by atoms with E-state index in [0.29, 0.717) is 27.7 Å². The highest BCUT2D eigenvalue weighted by Crippen LogP contribution is 2.27. The molecular formula is C17H18ClN3O3. The Balaban J connectivity index is 2.29. The zero-order valence-electron chi connectivity index (χ0n) is 13.6.